The maximum absolute atomic E-state index is 11.2. The number of nitrogens with zero attached hydrogens (tertiary/aromatic N) is 1. The fraction of sp³-hybridized carbons (Fsp3) is 0.0526. The van der Waals surface area contributed by atoms with Gasteiger partial charge in [0.1, 0.15) is 5.52 Å². The van der Waals surface area contributed by atoms with E-state index < -0.39 is 0 Å². The Kier molecular flexibility index (Phi) is 4.40. The third-order valence-electron chi connectivity index (χ3n) is 3.28. The van der Waals surface area contributed by atoms with E-state index in [4.69, 9.17) is 16.3 Å². The molecule has 0 atom stereocenters. The van der Waals surface area contributed by atoms with Crippen LogP contribution in [0.2, 0.25) is 5.02 Å². The van der Waals surface area contributed by atoms with Crippen molar-refractivity contribution in [2.75, 3.05) is 0 Å². The summed E-state index contributed by atoms with van der Waals surface area (Å²) in [5.41, 5.74) is 2.48. The Morgan fingerprint density at radius 3 is 2.57 bits per heavy atom. The molecule has 0 aliphatic rings. The average molecular weight is 324 g/mol. The summed E-state index contributed by atoms with van der Waals surface area (Å²) in [6.07, 6.45) is 3.87. The molecule has 114 valence electrons. The fourth-order valence-electron chi connectivity index (χ4n) is 2.22. The van der Waals surface area contributed by atoms with Crippen molar-refractivity contribution in [1.29, 1.82) is 0 Å². The zero-order valence-electron chi connectivity index (χ0n) is 12.5. The summed E-state index contributed by atoms with van der Waals surface area (Å²) >= 11 is 5.88. The first-order chi connectivity index (χ1) is 11.1. The molecule has 0 amide bonds. The molecule has 0 N–H and O–H groups in total. The van der Waals surface area contributed by atoms with Gasteiger partial charge in [0, 0.05) is 17.3 Å². The summed E-state index contributed by atoms with van der Waals surface area (Å²) < 4.78 is 5.22. The highest BCUT2D eigenvalue weighted by atomic mass is 35.5. The number of pyridine rings is 1. The van der Waals surface area contributed by atoms with E-state index in [-0.39, 0.29) is 5.97 Å². The molecular weight excluding hydrogens is 310 g/mol. The SMILES string of the molecule is CC(=O)Oc1cccc2ccc(/C=C/c3ccc(Cl)cc3)nc12. The third-order valence-corrected chi connectivity index (χ3v) is 3.53. The molecule has 1 aromatic heterocycles. The average Bonchev–Trinajstić information content (AvgIpc) is 2.54. The van der Waals surface area contributed by atoms with Crippen molar-refractivity contribution in [3.05, 3.63) is 70.9 Å². The first-order valence-corrected chi connectivity index (χ1v) is 7.51. The zero-order chi connectivity index (χ0) is 16.2. The van der Waals surface area contributed by atoms with E-state index in [0.29, 0.717) is 16.3 Å². The van der Waals surface area contributed by atoms with Gasteiger partial charge in [0.05, 0.1) is 5.69 Å². The summed E-state index contributed by atoms with van der Waals surface area (Å²) in [5, 5.41) is 1.63. The molecule has 0 bridgehead atoms. The molecule has 3 nitrogen and oxygen atoms in total. The number of rotatable bonds is 3. The fourth-order valence-corrected chi connectivity index (χ4v) is 2.35. The van der Waals surface area contributed by atoms with E-state index in [1.807, 2.05) is 60.7 Å². The van der Waals surface area contributed by atoms with Gasteiger partial charge in [-0.1, -0.05) is 48.0 Å². The number of para-hydroxylation sites is 1. The van der Waals surface area contributed by atoms with Gasteiger partial charge in [-0.15, -0.1) is 0 Å². The maximum Gasteiger partial charge on any atom is 0.308 e. The van der Waals surface area contributed by atoms with Crippen molar-refractivity contribution < 1.29 is 9.53 Å². The summed E-state index contributed by atoms with van der Waals surface area (Å²) in [4.78, 5) is 15.8. The second-order valence-corrected chi connectivity index (χ2v) is 5.48. The smallest absolute Gasteiger partial charge is 0.308 e. The minimum Gasteiger partial charge on any atom is -0.424 e. The number of fused-ring (bicyclic) bond motifs is 1. The highest BCUT2D eigenvalue weighted by molar-refractivity contribution is 6.30. The predicted octanol–water partition coefficient (Wildman–Crippen LogP) is 4.98. The second-order valence-electron chi connectivity index (χ2n) is 5.04. The minimum atomic E-state index is -0.360. The summed E-state index contributed by atoms with van der Waals surface area (Å²) in [7, 11) is 0. The molecule has 4 heteroatoms. The van der Waals surface area contributed by atoms with E-state index in [2.05, 4.69) is 4.98 Å². The standard InChI is InChI=1S/C19H14ClNO2/c1-13(22)23-18-4-2-3-15-8-12-17(21-19(15)18)11-7-14-5-9-16(20)10-6-14/h2-12H,1H3/b11-7+. The van der Waals surface area contributed by atoms with Gasteiger partial charge in [0.25, 0.3) is 0 Å². The molecule has 0 spiro atoms. The van der Waals surface area contributed by atoms with Crippen LogP contribution in [0, 0.1) is 0 Å². The van der Waals surface area contributed by atoms with Gasteiger partial charge >= 0.3 is 5.97 Å². The highest BCUT2D eigenvalue weighted by Crippen LogP contribution is 2.24. The van der Waals surface area contributed by atoms with Crippen molar-refractivity contribution in [1.82, 2.24) is 4.98 Å². The van der Waals surface area contributed by atoms with Crippen molar-refractivity contribution >= 4 is 40.6 Å². The van der Waals surface area contributed by atoms with Gasteiger partial charge in [0.15, 0.2) is 5.75 Å². The van der Waals surface area contributed by atoms with Crippen molar-refractivity contribution in [2.24, 2.45) is 0 Å². The number of carbonyl (C=O) groups excluding carboxylic acids is 1. The number of halogens is 1. The molecule has 0 saturated carbocycles. The summed E-state index contributed by atoms with van der Waals surface area (Å²) in [6, 6.07) is 16.9. The number of hydrogen-bond acceptors (Lipinski definition) is 3. The van der Waals surface area contributed by atoms with E-state index >= 15 is 0 Å². The third kappa shape index (κ3) is 3.76. The Morgan fingerprint density at radius 2 is 1.83 bits per heavy atom. The van der Waals surface area contributed by atoms with Crippen molar-refractivity contribution in [3.8, 4) is 5.75 Å². The van der Waals surface area contributed by atoms with Crippen LogP contribution in [0.15, 0.2) is 54.6 Å². The lowest BCUT2D eigenvalue weighted by Crippen LogP contribution is -2.02. The monoisotopic (exact) mass is 323 g/mol. The van der Waals surface area contributed by atoms with Crippen LogP contribution in [0.25, 0.3) is 23.1 Å². The number of hydrogen-bond donors (Lipinski definition) is 0. The second kappa shape index (κ2) is 6.63. The Morgan fingerprint density at radius 1 is 1.04 bits per heavy atom. The van der Waals surface area contributed by atoms with Crippen LogP contribution in [-0.2, 0) is 4.79 Å². The van der Waals surface area contributed by atoms with Gasteiger partial charge in [-0.25, -0.2) is 4.98 Å². The summed E-state index contributed by atoms with van der Waals surface area (Å²) in [6.45, 7) is 1.38. The van der Waals surface area contributed by atoms with Gasteiger partial charge in [-0.05, 0) is 35.9 Å². The lowest BCUT2D eigenvalue weighted by Gasteiger charge is -2.06. The molecule has 0 aliphatic carbocycles. The molecule has 3 aromatic rings. The van der Waals surface area contributed by atoms with Crippen molar-refractivity contribution in [3.63, 3.8) is 0 Å². The van der Waals surface area contributed by atoms with Gasteiger partial charge in [0.2, 0.25) is 0 Å². The van der Waals surface area contributed by atoms with Crippen LogP contribution in [-0.4, -0.2) is 11.0 Å². The lowest BCUT2D eigenvalue weighted by atomic mass is 10.1. The van der Waals surface area contributed by atoms with E-state index in [1.165, 1.54) is 6.92 Å². The van der Waals surface area contributed by atoms with Crippen LogP contribution in [0.1, 0.15) is 18.2 Å². The number of benzene rings is 2. The van der Waals surface area contributed by atoms with Crippen LogP contribution >= 0.6 is 11.6 Å². The van der Waals surface area contributed by atoms with E-state index in [1.54, 1.807) is 6.07 Å². The van der Waals surface area contributed by atoms with E-state index in [9.17, 15) is 4.79 Å². The molecule has 0 radical (unpaired) electrons. The molecule has 0 fully saturated rings. The maximum atomic E-state index is 11.2. The van der Waals surface area contributed by atoms with Gasteiger partial charge in [-0.2, -0.15) is 0 Å². The topological polar surface area (TPSA) is 39.2 Å². The number of aromatic nitrogens is 1. The molecule has 2 aromatic carbocycles. The molecule has 0 aliphatic heterocycles. The molecule has 0 unspecified atom stereocenters. The Labute approximate surface area is 139 Å². The van der Waals surface area contributed by atoms with Gasteiger partial charge in [-0.3, -0.25) is 4.79 Å². The molecule has 0 saturated heterocycles. The largest absolute Gasteiger partial charge is 0.424 e. The number of esters is 1. The minimum absolute atomic E-state index is 0.360. The van der Waals surface area contributed by atoms with Crippen LogP contribution in [0.4, 0.5) is 0 Å². The summed E-state index contributed by atoms with van der Waals surface area (Å²) in [5.74, 6) is 0.109. The molecule has 1 heterocycles. The Balaban J connectivity index is 1.95. The zero-order valence-corrected chi connectivity index (χ0v) is 13.2. The first-order valence-electron chi connectivity index (χ1n) is 7.14. The number of carbonyl (C=O) groups is 1. The van der Waals surface area contributed by atoms with Gasteiger partial charge < -0.3 is 4.74 Å². The van der Waals surface area contributed by atoms with E-state index in [0.717, 1.165) is 16.6 Å². The Bertz CT molecular complexity index is 886. The number of ether oxygens (including phenoxy) is 1. The van der Waals surface area contributed by atoms with Crippen LogP contribution in [0.3, 0.4) is 0 Å². The molecule has 23 heavy (non-hydrogen) atoms. The van der Waals surface area contributed by atoms with Crippen LogP contribution < -0.4 is 4.74 Å². The quantitative estimate of drug-likeness (QED) is 0.504. The molecular formula is C19H14ClNO2. The first kappa shape index (κ1) is 15.3. The van der Waals surface area contributed by atoms with Crippen molar-refractivity contribution in [2.45, 2.75) is 6.92 Å². The van der Waals surface area contributed by atoms with Crippen LogP contribution in [0.5, 0.6) is 5.75 Å². The predicted molar refractivity (Wildman–Crippen MR) is 93.4 cm³/mol. The lowest BCUT2D eigenvalue weighted by molar-refractivity contribution is -0.131. The molecule has 3 rings (SSSR count). The normalized spacial score (nSPS) is 11.0. The highest BCUT2D eigenvalue weighted by Gasteiger charge is 2.06. The Hall–Kier alpha value is -2.65.